The van der Waals surface area contributed by atoms with Crippen molar-refractivity contribution in [1.29, 1.82) is 0 Å². The molecular weight excluding hydrogens is 479 g/mol. The van der Waals surface area contributed by atoms with Crippen LogP contribution in [-0.2, 0) is 19.2 Å². The fraction of sp³-hybridized carbons (Fsp3) is 0.222. The lowest BCUT2D eigenvalue weighted by molar-refractivity contribution is 0.0933. The molecule has 7 nitrogen and oxygen atoms in total. The van der Waals surface area contributed by atoms with Crippen LogP contribution in [0.5, 0.6) is 11.5 Å². The van der Waals surface area contributed by atoms with Crippen LogP contribution in [-0.4, -0.2) is 34.9 Å². The summed E-state index contributed by atoms with van der Waals surface area (Å²) in [4.78, 5) is 13.2. The first-order valence-corrected chi connectivity index (χ1v) is 12.3. The highest BCUT2D eigenvalue weighted by Gasteiger charge is 2.24. The fourth-order valence-corrected chi connectivity index (χ4v) is 4.69. The number of methoxy groups -OCH3 is 2. The molecule has 0 bridgehead atoms. The van der Waals surface area contributed by atoms with Crippen molar-refractivity contribution in [2.75, 3.05) is 14.2 Å². The van der Waals surface area contributed by atoms with Gasteiger partial charge in [-0.3, -0.25) is 4.79 Å². The maximum absolute atomic E-state index is 14.1. The van der Waals surface area contributed by atoms with Crippen molar-refractivity contribution in [2.45, 2.75) is 23.4 Å². The van der Waals surface area contributed by atoms with Gasteiger partial charge in [-0.25, -0.2) is 4.39 Å². The molecule has 0 saturated heterocycles. The van der Waals surface area contributed by atoms with Crippen LogP contribution in [0.25, 0.3) is 0 Å². The number of carbonyl (C=O) groups is 1. The molecule has 4 aromatic rings. The number of hydrogen-bond acceptors (Lipinski definition) is 6. The summed E-state index contributed by atoms with van der Waals surface area (Å²) in [6.45, 7) is 0. The van der Waals surface area contributed by atoms with E-state index in [1.165, 1.54) is 24.9 Å². The molecule has 3 aromatic carbocycles. The molecule has 0 radical (unpaired) electrons. The lowest BCUT2D eigenvalue weighted by Gasteiger charge is -2.19. The Labute approximate surface area is 213 Å². The molecule has 1 unspecified atom stereocenters. The Bertz CT molecular complexity index is 1330. The first-order valence-electron chi connectivity index (χ1n) is 11.3. The Hall–Kier alpha value is -3.85. The summed E-state index contributed by atoms with van der Waals surface area (Å²) in [5.41, 5.74) is 2.07. The zero-order valence-electron chi connectivity index (χ0n) is 20.3. The van der Waals surface area contributed by atoms with Crippen LogP contribution in [0.4, 0.5) is 4.39 Å². The number of thioether (sulfide) groups is 1. The van der Waals surface area contributed by atoms with Crippen molar-refractivity contribution in [2.24, 2.45) is 7.05 Å². The van der Waals surface area contributed by atoms with Gasteiger partial charge in [0, 0.05) is 18.4 Å². The van der Waals surface area contributed by atoms with Crippen molar-refractivity contribution in [1.82, 2.24) is 20.1 Å². The quantitative estimate of drug-likeness (QED) is 0.306. The van der Waals surface area contributed by atoms with Crippen LogP contribution < -0.4 is 14.8 Å². The molecule has 1 atom stereocenters. The van der Waals surface area contributed by atoms with E-state index in [-0.39, 0.29) is 11.7 Å². The van der Waals surface area contributed by atoms with E-state index in [2.05, 4.69) is 15.5 Å². The lowest BCUT2D eigenvalue weighted by atomic mass is 10.0. The van der Waals surface area contributed by atoms with E-state index < -0.39 is 6.04 Å². The zero-order chi connectivity index (χ0) is 25.5. The molecule has 0 aliphatic carbocycles. The van der Waals surface area contributed by atoms with Crippen LogP contribution in [0.3, 0.4) is 0 Å². The summed E-state index contributed by atoms with van der Waals surface area (Å²) in [5.74, 6) is 1.50. The Morgan fingerprint density at radius 3 is 2.44 bits per heavy atom. The Morgan fingerprint density at radius 1 is 1.00 bits per heavy atom. The summed E-state index contributed by atoms with van der Waals surface area (Å²) >= 11 is 1.39. The number of benzene rings is 3. The summed E-state index contributed by atoms with van der Waals surface area (Å²) in [6, 6.07) is 21.1. The largest absolute Gasteiger partial charge is 0.493 e. The van der Waals surface area contributed by atoms with Gasteiger partial charge in [-0.1, -0.05) is 60.3 Å². The van der Waals surface area contributed by atoms with Gasteiger partial charge >= 0.3 is 0 Å². The van der Waals surface area contributed by atoms with Gasteiger partial charge in [-0.15, -0.1) is 10.2 Å². The Balaban J connectivity index is 1.58. The number of halogens is 1. The molecule has 0 saturated carbocycles. The van der Waals surface area contributed by atoms with Gasteiger partial charge in [-0.05, 0) is 41.8 Å². The molecule has 9 heteroatoms. The first kappa shape index (κ1) is 25.2. The highest BCUT2D eigenvalue weighted by Crippen LogP contribution is 2.29. The minimum absolute atomic E-state index is 0.253. The van der Waals surface area contributed by atoms with Gasteiger partial charge in [0.25, 0.3) is 5.91 Å². The number of rotatable bonds is 10. The SMILES string of the molecule is COc1ccc(C(=O)NC(Cc2ccccc2)c2nnc(SCc3ccccc3F)n2C)cc1OC. The monoisotopic (exact) mass is 506 g/mol. The van der Waals surface area contributed by atoms with Crippen LogP contribution in [0, 0.1) is 5.82 Å². The van der Waals surface area contributed by atoms with E-state index in [1.54, 1.807) is 43.5 Å². The second-order valence-electron chi connectivity index (χ2n) is 8.07. The molecule has 0 aliphatic heterocycles. The van der Waals surface area contributed by atoms with E-state index in [0.717, 1.165) is 5.56 Å². The van der Waals surface area contributed by atoms with Gasteiger partial charge in [-0.2, -0.15) is 0 Å². The average Bonchev–Trinajstić information content (AvgIpc) is 3.27. The summed E-state index contributed by atoms with van der Waals surface area (Å²) in [6.07, 6.45) is 0.518. The molecule has 1 aromatic heterocycles. The van der Waals surface area contributed by atoms with Crippen molar-refractivity contribution in [3.8, 4) is 11.5 Å². The predicted molar refractivity (Wildman–Crippen MR) is 137 cm³/mol. The predicted octanol–water partition coefficient (Wildman–Crippen LogP) is 4.98. The standard InChI is InChI=1S/C27H27FN4O3S/c1-32-25(30-31-27(32)36-17-20-11-7-8-12-21(20)28)22(15-18-9-5-4-6-10-18)29-26(33)19-13-14-23(34-2)24(16-19)35-3/h4-14,16,22H,15,17H2,1-3H3,(H,29,33). The maximum Gasteiger partial charge on any atom is 0.252 e. The van der Waals surface area contributed by atoms with Gasteiger partial charge in [0.2, 0.25) is 0 Å². The molecule has 1 N–H and O–H groups in total. The number of hydrogen-bond donors (Lipinski definition) is 1. The van der Waals surface area contributed by atoms with Crippen LogP contribution in [0.1, 0.15) is 33.4 Å². The molecule has 0 aliphatic rings. The lowest BCUT2D eigenvalue weighted by Crippen LogP contribution is -2.32. The Kier molecular flexibility index (Phi) is 8.22. The van der Waals surface area contributed by atoms with Gasteiger partial charge in [0.05, 0.1) is 20.3 Å². The number of aromatic nitrogens is 3. The summed E-state index contributed by atoms with van der Waals surface area (Å²) in [5, 5.41) is 12.4. The third kappa shape index (κ3) is 5.85. The highest BCUT2D eigenvalue weighted by atomic mass is 32.2. The number of amides is 1. The van der Waals surface area contributed by atoms with Crippen molar-refractivity contribution in [3.63, 3.8) is 0 Å². The first-order chi connectivity index (χ1) is 17.5. The van der Waals surface area contributed by atoms with Gasteiger partial charge in [0.1, 0.15) is 5.82 Å². The number of nitrogens with zero attached hydrogens (tertiary/aromatic N) is 3. The molecule has 36 heavy (non-hydrogen) atoms. The minimum atomic E-state index is -0.451. The van der Waals surface area contributed by atoms with Crippen LogP contribution >= 0.6 is 11.8 Å². The number of nitrogens with one attached hydrogen (secondary N) is 1. The van der Waals surface area contributed by atoms with Crippen LogP contribution in [0.15, 0.2) is 78.0 Å². The van der Waals surface area contributed by atoms with Gasteiger partial charge < -0.3 is 19.4 Å². The van der Waals surface area contributed by atoms with Crippen molar-refractivity contribution < 1.29 is 18.7 Å². The normalized spacial score (nSPS) is 11.7. The highest BCUT2D eigenvalue weighted by molar-refractivity contribution is 7.98. The van der Waals surface area contributed by atoms with E-state index in [4.69, 9.17) is 9.47 Å². The molecular formula is C27H27FN4O3S. The molecule has 186 valence electrons. The van der Waals surface area contributed by atoms with E-state index in [1.807, 2.05) is 41.9 Å². The molecule has 1 heterocycles. The minimum Gasteiger partial charge on any atom is -0.493 e. The van der Waals surface area contributed by atoms with E-state index in [9.17, 15) is 9.18 Å². The van der Waals surface area contributed by atoms with Crippen molar-refractivity contribution in [3.05, 3.63) is 101 Å². The van der Waals surface area contributed by atoms with E-state index in [0.29, 0.717) is 45.8 Å². The fourth-order valence-electron chi connectivity index (χ4n) is 3.79. The number of carbonyl (C=O) groups excluding carboxylic acids is 1. The molecule has 0 spiro atoms. The molecule has 1 amide bonds. The van der Waals surface area contributed by atoms with E-state index >= 15 is 0 Å². The van der Waals surface area contributed by atoms with Gasteiger partial charge in [0.15, 0.2) is 22.5 Å². The van der Waals surface area contributed by atoms with Crippen molar-refractivity contribution >= 4 is 17.7 Å². The Morgan fingerprint density at radius 2 is 1.72 bits per heavy atom. The summed E-state index contributed by atoms with van der Waals surface area (Å²) in [7, 11) is 4.92. The molecule has 4 rings (SSSR count). The number of ether oxygens (including phenoxy) is 2. The third-order valence-electron chi connectivity index (χ3n) is 5.73. The van der Waals surface area contributed by atoms with Crippen LogP contribution in [0.2, 0.25) is 0 Å². The smallest absolute Gasteiger partial charge is 0.252 e. The average molecular weight is 507 g/mol. The summed E-state index contributed by atoms with van der Waals surface area (Å²) < 4.78 is 26.5. The second-order valence-corrected chi connectivity index (χ2v) is 9.01. The third-order valence-corrected chi connectivity index (χ3v) is 6.80. The zero-order valence-corrected chi connectivity index (χ0v) is 21.1. The maximum atomic E-state index is 14.1. The topological polar surface area (TPSA) is 78.3 Å². The second kappa shape index (κ2) is 11.7. The molecule has 0 fully saturated rings.